The van der Waals surface area contributed by atoms with E-state index in [4.69, 9.17) is 9.47 Å². The molecular formula is C22H32N2O5. The van der Waals surface area contributed by atoms with Gasteiger partial charge in [0.25, 0.3) is 5.91 Å². The first-order chi connectivity index (χ1) is 13.4. The lowest BCUT2D eigenvalue weighted by atomic mass is 10.0. The summed E-state index contributed by atoms with van der Waals surface area (Å²) in [5, 5.41) is 2.75. The Morgan fingerprint density at radius 1 is 1.17 bits per heavy atom. The highest BCUT2D eigenvalue weighted by atomic mass is 16.6. The maximum atomic E-state index is 12.9. The molecular weight excluding hydrogens is 372 g/mol. The summed E-state index contributed by atoms with van der Waals surface area (Å²) in [6, 6.07) is 2.11. The Labute approximate surface area is 172 Å². The van der Waals surface area contributed by atoms with Crippen LogP contribution in [0.15, 0.2) is 12.1 Å². The Morgan fingerprint density at radius 2 is 1.76 bits per heavy atom. The van der Waals surface area contributed by atoms with E-state index >= 15 is 0 Å². The summed E-state index contributed by atoms with van der Waals surface area (Å²) < 4.78 is 10.8. The average molecular weight is 405 g/mol. The Bertz CT molecular complexity index is 774. The van der Waals surface area contributed by atoms with Crippen molar-refractivity contribution in [3.63, 3.8) is 0 Å². The molecule has 7 nitrogen and oxygen atoms in total. The Hall–Kier alpha value is -2.57. The molecule has 2 amide bonds. The van der Waals surface area contributed by atoms with E-state index < -0.39 is 23.7 Å². The van der Waals surface area contributed by atoms with Crippen LogP contribution in [-0.2, 0) is 14.3 Å². The molecule has 0 radical (unpaired) electrons. The fourth-order valence-corrected chi connectivity index (χ4v) is 3.64. The molecule has 0 saturated carbocycles. The van der Waals surface area contributed by atoms with Crippen molar-refractivity contribution in [1.29, 1.82) is 0 Å². The lowest BCUT2D eigenvalue weighted by molar-refractivity contribution is -0.163. The Balaban J connectivity index is 2.08. The van der Waals surface area contributed by atoms with E-state index in [1.165, 1.54) is 4.90 Å². The number of esters is 1. The number of aryl methyl sites for hydroxylation is 2. The van der Waals surface area contributed by atoms with Crippen LogP contribution >= 0.6 is 0 Å². The first-order valence-corrected chi connectivity index (χ1v) is 9.94. The number of hydrogen-bond acceptors (Lipinski definition) is 5. The van der Waals surface area contributed by atoms with Gasteiger partial charge in [0.05, 0.1) is 7.11 Å². The van der Waals surface area contributed by atoms with Crippen molar-refractivity contribution >= 4 is 17.8 Å². The molecule has 7 heteroatoms. The number of amides is 2. The van der Waals surface area contributed by atoms with E-state index in [0.29, 0.717) is 18.5 Å². The van der Waals surface area contributed by atoms with Gasteiger partial charge in [-0.3, -0.25) is 9.59 Å². The maximum absolute atomic E-state index is 12.9. The van der Waals surface area contributed by atoms with Gasteiger partial charge < -0.3 is 19.7 Å². The van der Waals surface area contributed by atoms with Gasteiger partial charge in [-0.1, -0.05) is 0 Å². The molecule has 1 aliphatic heterocycles. The first-order valence-electron chi connectivity index (χ1n) is 9.94. The van der Waals surface area contributed by atoms with Gasteiger partial charge in [-0.2, -0.15) is 0 Å². The molecule has 160 valence electrons. The van der Waals surface area contributed by atoms with E-state index in [9.17, 15) is 14.4 Å². The molecule has 1 fully saturated rings. The second-order valence-electron chi connectivity index (χ2n) is 8.56. The minimum Gasteiger partial charge on any atom is -0.496 e. The summed E-state index contributed by atoms with van der Waals surface area (Å²) in [4.78, 5) is 39.6. The second kappa shape index (κ2) is 8.84. The fraction of sp³-hybridized carbons (Fsp3) is 0.591. The zero-order valence-corrected chi connectivity index (χ0v) is 18.4. The summed E-state index contributed by atoms with van der Waals surface area (Å²) in [6.45, 7) is 11.2. The summed E-state index contributed by atoms with van der Waals surface area (Å²) in [5.41, 5.74) is 1.55. The fourth-order valence-electron chi connectivity index (χ4n) is 3.64. The highest BCUT2D eigenvalue weighted by Gasteiger charge is 2.38. The lowest BCUT2D eigenvalue weighted by Gasteiger charge is -2.29. The van der Waals surface area contributed by atoms with Crippen molar-refractivity contribution in [2.75, 3.05) is 13.7 Å². The highest BCUT2D eigenvalue weighted by Crippen LogP contribution is 2.25. The number of ether oxygens (including phenoxy) is 2. The van der Waals surface area contributed by atoms with Crippen LogP contribution in [0.2, 0.25) is 0 Å². The van der Waals surface area contributed by atoms with Gasteiger partial charge in [0.15, 0.2) is 0 Å². The standard InChI is InChI=1S/C22H32N2O5/c1-13-11-16(12-14(2)18(13)28-7)19(25)23-15(3)20(26)24-10-8-9-17(24)21(27)29-22(4,5)6/h11-12,15,17H,8-10H2,1-7H3,(H,23,25). The monoisotopic (exact) mass is 404 g/mol. The van der Waals surface area contributed by atoms with Crippen LogP contribution < -0.4 is 10.1 Å². The van der Waals surface area contributed by atoms with Gasteiger partial charge in [-0.15, -0.1) is 0 Å². The predicted molar refractivity (Wildman–Crippen MR) is 110 cm³/mol. The van der Waals surface area contributed by atoms with E-state index in [-0.39, 0.29) is 11.8 Å². The number of rotatable bonds is 5. The van der Waals surface area contributed by atoms with Crippen LogP contribution in [0.5, 0.6) is 5.75 Å². The molecule has 2 unspecified atom stereocenters. The summed E-state index contributed by atoms with van der Waals surface area (Å²) in [7, 11) is 1.59. The third-order valence-corrected chi connectivity index (χ3v) is 4.86. The van der Waals surface area contributed by atoms with Crippen molar-refractivity contribution in [3.8, 4) is 5.75 Å². The SMILES string of the molecule is COc1c(C)cc(C(=O)NC(C)C(=O)N2CCCC2C(=O)OC(C)(C)C)cc1C. The molecule has 1 aromatic carbocycles. The van der Waals surface area contributed by atoms with Gasteiger partial charge in [0, 0.05) is 12.1 Å². The number of carbonyl (C=O) groups is 3. The van der Waals surface area contributed by atoms with Crippen LogP contribution in [-0.4, -0.2) is 54.0 Å². The normalized spacial score (nSPS) is 17.6. The number of methoxy groups -OCH3 is 1. The molecule has 2 atom stereocenters. The smallest absolute Gasteiger partial charge is 0.329 e. The van der Waals surface area contributed by atoms with Gasteiger partial charge >= 0.3 is 5.97 Å². The molecule has 1 N–H and O–H groups in total. The van der Waals surface area contributed by atoms with Gasteiger partial charge in [0.1, 0.15) is 23.4 Å². The molecule has 1 saturated heterocycles. The summed E-state index contributed by atoms with van der Waals surface area (Å²) >= 11 is 0. The third kappa shape index (κ3) is 5.49. The van der Waals surface area contributed by atoms with Crippen molar-refractivity contribution in [1.82, 2.24) is 10.2 Å². The van der Waals surface area contributed by atoms with Gasteiger partial charge in [-0.25, -0.2) is 4.79 Å². The molecule has 0 aromatic heterocycles. The lowest BCUT2D eigenvalue weighted by Crippen LogP contribution is -2.51. The molecule has 2 rings (SSSR count). The quantitative estimate of drug-likeness (QED) is 0.763. The number of benzene rings is 1. The van der Waals surface area contributed by atoms with Crippen molar-refractivity contribution in [3.05, 3.63) is 28.8 Å². The third-order valence-electron chi connectivity index (χ3n) is 4.86. The predicted octanol–water partition coefficient (Wildman–Crippen LogP) is 2.76. The highest BCUT2D eigenvalue weighted by molar-refractivity contribution is 5.98. The van der Waals surface area contributed by atoms with Gasteiger partial charge in [0.2, 0.25) is 5.91 Å². The van der Waals surface area contributed by atoms with Crippen LogP contribution in [0.3, 0.4) is 0 Å². The number of likely N-dealkylation sites (tertiary alicyclic amines) is 1. The zero-order valence-electron chi connectivity index (χ0n) is 18.4. The van der Waals surface area contributed by atoms with Crippen LogP contribution in [0.4, 0.5) is 0 Å². The number of nitrogens with one attached hydrogen (secondary N) is 1. The van der Waals surface area contributed by atoms with E-state index in [1.54, 1.807) is 46.9 Å². The number of nitrogens with zero attached hydrogens (tertiary/aromatic N) is 1. The van der Waals surface area contributed by atoms with Crippen molar-refractivity contribution < 1.29 is 23.9 Å². The molecule has 29 heavy (non-hydrogen) atoms. The molecule has 0 bridgehead atoms. The molecule has 0 spiro atoms. The van der Waals surface area contributed by atoms with E-state index in [1.807, 2.05) is 13.8 Å². The minimum atomic E-state index is -0.756. The Morgan fingerprint density at radius 3 is 2.28 bits per heavy atom. The van der Waals surface area contributed by atoms with E-state index in [2.05, 4.69) is 5.32 Å². The molecule has 1 aliphatic rings. The zero-order chi connectivity index (χ0) is 21.9. The minimum absolute atomic E-state index is 0.284. The number of hydrogen-bond donors (Lipinski definition) is 1. The van der Waals surface area contributed by atoms with E-state index in [0.717, 1.165) is 23.3 Å². The number of carbonyl (C=O) groups excluding carboxylic acids is 3. The molecule has 1 heterocycles. The van der Waals surface area contributed by atoms with Crippen molar-refractivity contribution in [2.45, 2.75) is 72.1 Å². The largest absolute Gasteiger partial charge is 0.496 e. The van der Waals surface area contributed by atoms with Crippen LogP contribution in [0.25, 0.3) is 0 Å². The maximum Gasteiger partial charge on any atom is 0.329 e. The van der Waals surface area contributed by atoms with Crippen LogP contribution in [0, 0.1) is 13.8 Å². The second-order valence-corrected chi connectivity index (χ2v) is 8.56. The topological polar surface area (TPSA) is 84.9 Å². The van der Waals surface area contributed by atoms with Crippen molar-refractivity contribution in [2.24, 2.45) is 0 Å². The van der Waals surface area contributed by atoms with Gasteiger partial charge in [-0.05, 0) is 77.6 Å². The summed E-state index contributed by atoms with van der Waals surface area (Å²) in [5.74, 6) is -0.285. The van der Waals surface area contributed by atoms with Crippen LogP contribution in [0.1, 0.15) is 62.0 Å². The average Bonchev–Trinajstić information content (AvgIpc) is 3.09. The summed E-state index contributed by atoms with van der Waals surface area (Å²) in [6.07, 6.45) is 1.30. The molecule has 1 aromatic rings. The first kappa shape index (κ1) is 22.7. The Kier molecular flexibility index (Phi) is 6.93. The molecule has 0 aliphatic carbocycles.